The molecule has 1 aliphatic rings. The Balaban J connectivity index is 1.93. The summed E-state index contributed by atoms with van der Waals surface area (Å²) < 4.78 is 39.2. The normalized spacial score (nSPS) is 16.3. The lowest BCUT2D eigenvalue weighted by molar-refractivity contribution is -0.160. The maximum absolute atomic E-state index is 13.1. The van der Waals surface area contributed by atoms with Gasteiger partial charge in [0.2, 0.25) is 0 Å². The molecule has 2 aromatic rings. The zero-order valence-electron chi connectivity index (χ0n) is 11.0. The van der Waals surface area contributed by atoms with Crippen LogP contribution in [-0.4, -0.2) is 11.2 Å². The summed E-state index contributed by atoms with van der Waals surface area (Å²) in [5, 5.41) is 8.82. The van der Waals surface area contributed by atoms with Crippen LogP contribution in [0, 0.1) is 11.3 Å². The number of nitriles is 1. The van der Waals surface area contributed by atoms with Gasteiger partial charge >= 0.3 is 6.18 Å². The number of alkyl halides is 3. The van der Waals surface area contributed by atoms with Crippen LogP contribution in [0.4, 0.5) is 13.2 Å². The van der Waals surface area contributed by atoms with Gasteiger partial charge in [-0.25, -0.2) is 4.98 Å². The van der Waals surface area contributed by atoms with E-state index < -0.39 is 11.6 Å². The van der Waals surface area contributed by atoms with Crippen LogP contribution in [0.5, 0.6) is 0 Å². The lowest BCUT2D eigenvalue weighted by Gasteiger charge is -2.19. The summed E-state index contributed by atoms with van der Waals surface area (Å²) in [5.41, 5.74) is 0.487. The standard InChI is InChI=1S/C16H11F3N2/c17-16(18,19)15(6-7-15)13-3-1-11(2-4-13)12-5-8-21-14(9-12)10-20/h1-5,8-9H,6-7H2. The number of halogens is 3. The first-order valence-electron chi connectivity index (χ1n) is 6.50. The van der Waals surface area contributed by atoms with Gasteiger partial charge in [0.15, 0.2) is 0 Å². The van der Waals surface area contributed by atoms with Gasteiger partial charge < -0.3 is 0 Å². The number of rotatable bonds is 2. The van der Waals surface area contributed by atoms with E-state index in [9.17, 15) is 13.2 Å². The minimum atomic E-state index is -4.20. The molecule has 0 amide bonds. The van der Waals surface area contributed by atoms with E-state index in [-0.39, 0.29) is 18.5 Å². The predicted octanol–water partition coefficient (Wildman–Crippen LogP) is 4.21. The van der Waals surface area contributed by atoms with E-state index in [0.717, 1.165) is 11.1 Å². The van der Waals surface area contributed by atoms with Gasteiger partial charge in [-0.2, -0.15) is 18.4 Å². The minimum absolute atomic E-state index is 0.156. The van der Waals surface area contributed by atoms with Crippen molar-refractivity contribution >= 4 is 0 Å². The quantitative estimate of drug-likeness (QED) is 0.829. The fourth-order valence-corrected chi connectivity index (χ4v) is 2.51. The smallest absolute Gasteiger partial charge is 0.246 e. The van der Waals surface area contributed by atoms with Gasteiger partial charge in [0, 0.05) is 6.20 Å². The molecule has 5 heteroatoms. The van der Waals surface area contributed by atoms with Crippen LogP contribution in [0.2, 0.25) is 0 Å². The Hall–Kier alpha value is -2.35. The van der Waals surface area contributed by atoms with E-state index in [4.69, 9.17) is 5.26 Å². The lowest BCUT2D eigenvalue weighted by Crippen LogP contribution is -2.28. The highest BCUT2D eigenvalue weighted by Gasteiger charge is 2.64. The number of pyridine rings is 1. The monoisotopic (exact) mass is 288 g/mol. The molecule has 1 aromatic heterocycles. The minimum Gasteiger partial charge on any atom is -0.246 e. The molecule has 0 atom stereocenters. The Morgan fingerprint density at radius 2 is 1.71 bits per heavy atom. The van der Waals surface area contributed by atoms with Gasteiger partial charge in [-0.15, -0.1) is 0 Å². The summed E-state index contributed by atoms with van der Waals surface area (Å²) in [4.78, 5) is 3.87. The first kappa shape index (κ1) is 13.6. The van der Waals surface area contributed by atoms with E-state index in [0.29, 0.717) is 5.56 Å². The Bertz CT molecular complexity index is 708. The Labute approximate surface area is 119 Å². The third kappa shape index (κ3) is 2.27. The fraction of sp³-hybridized carbons (Fsp3) is 0.250. The molecule has 1 aromatic carbocycles. The van der Waals surface area contributed by atoms with Crippen LogP contribution < -0.4 is 0 Å². The number of benzene rings is 1. The average Bonchev–Trinajstić information content (AvgIpc) is 3.29. The molecule has 0 saturated heterocycles. The van der Waals surface area contributed by atoms with Crippen LogP contribution in [0.15, 0.2) is 42.6 Å². The van der Waals surface area contributed by atoms with E-state index in [1.807, 2.05) is 6.07 Å². The van der Waals surface area contributed by atoms with Crippen molar-refractivity contribution in [2.24, 2.45) is 0 Å². The summed E-state index contributed by atoms with van der Waals surface area (Å²) in [6, 6.07) is 11.7. The molecule has 0 N–H and O–H groups in total. The summed E-state index contributed by atoms with van der Waals surface area (Å²) >= 11 is 0. The van der Waals surface area contributed by atoms with E-state index in [1.54, 1.807) is 24.3 Å². The fourth-order valence-electron chi connectivity index (χ4n) is 2.51. The number of hydrogen-bond donors (Lipinski definition) is 0. The van der Waals surface area contributed by atoms with Gasteiger partial charge in [-0.1, -0.05) is 24.3 Å². The second kappa shape index (κ2) is 4.59. The Morgan fingerprint density at radius 3 is 2.24 bits per heavy atom. The van der Waals surface area contributed by atoms with Crippen LogP contribution in [0.3, 0.4) is 0 Å². The second-order valence-corrected chi connectivity index (χ2v) is 5.20. The molecule has 21 heavy (non-hydrogen) atoms. The SMILES string of the molecule is N#Cc1cc(-c2ccc(C3(C(F)(F)F)CC3)cc2)ccn1. The van der Waals surface area contributed by atoms with Crippen molar-refractivity contribution in [2.75, 3.05) is 0 Å². The molecule has 1 fully saturated rings. The topological polar surface area (TPSA) is 36.7 Å². The number of aromatic nitrogens is 1. The van der Waals surface area contributed by atoms with Crippen LogP contribution in [0.1, 0.15) is 24.1 Å². The average molecular weight is 288 g/mol. The molecule has 1 aliphatic carbocycles. The van der Waals surface area contributed by atoms with Crippen LogP contribution >= 0.6 is 0 Å². The summed E-state index contributed by atoms with van der Waals surface area (Å²) in [5.74, 6) is 0. The highest BCUT2D eigenvalue weighted by molar-refractivity contribution is 5.64. The number of hydrogen-bond acceptors (Lipinski definition) is 2. The molecule has 3 rings (SSSR count). The van der Waals surface area contributed by atoms with Crippen molar-refractivity contribution in [3.63, 3.8) is 0 Å². The van der Waals surface area contributed by atoms with Crippen LogP contribution in [-0.2, 0) is 5.41 Å². The van der Waals surface area contributed by atoms with E-state index in [1.165, 1.54) is 18.3 Å². The summed E-state index contributed by atoms with van der Waals surface area (Å²) in [6.07, 6.45) is -2.37. The molecule has 0 bridgehead atoms. The second-order valence-electron chi connectivity index (χ2n) is 5.20. The zero-order chi connectivity index (χ0) is 15.1. The third-order valence-corrected chi connectivity index (χ3v) is 3.94. The molecule has 0 radical (unpaired) electrons. The van der Waals surface area contributed by atoms with E-state index in [2.05, 4.69) is 4.98 Å². The van der Waals surface area contributed by atoms with Crippen molar-refractivity contribution in [3.05, 3.63) is 53.9 Å². The molecule has 0 spiro atoms. The van der Waals surface area contributed by atoms with Crippen molar-refractivity contribution < 1.29 is 13.2 Å². The Kier molecular flexibility index (Phi) is 2.98. The molecular formula is C16H11F3N2. The van der Waals surface area contributed by atoms with Gasteiger partial charge in [0.05, 0.1) is 5.41 Å². The maximum Gasteiger partial charge on any atom is 0.398 e. The maximum atomic E-state index is 13.1. The summed E-state index contributed by atoms with van der Waals surface area (Å²) in [7, 11) is 0. The Morgan fingerprint density at radius 1 is 1.05 bits per heavy atom. The van der Waals surface area contributed by atoms with Gasteiger partial charge in [-0.3, -0.25) is 0 Å². The highest BCUT2D eigenvalue weighted by Crippen LogP contribution is 2.58. The van der Waals surface area contributed by atoms with E-state index >= 15 is 0 Å². The van der Waals surface area contributed by atoms with Gasteiger partial charge in [0.1, 0.15) is 11.8 Å². The highest BCUT2D eigenvalue weighted by atomic mass is 19.4. The van der Waals surface area contributed by atoms with Crippen molar-refractivity contribution in [1.29, 1.82) is 5.26 Å². The lowest BCUT2D eigenvalue weighted by atomic mass is 9.93. The molecule has 106 valence electrons. The molecule has 1 saturated carbocycles. The van der Waals surface area contributed by atoms with Crippen molar-refractivity contribution in [1.82, 2.24) is 4.98 Å². The molecular weight excluding hydrogens is 277 g/mol. The van der Waals surface area contributed by atoms with Crippen molar-refractivity contribution in [3.8, 4) is 17.2 Å². The van der Waals surface area contributed by atoms with Gasteiger partial charge in [-0.05, 0) is 41.7 Å². The zero-order valence-corrected chi connectivity index (χ0v) is 11.0. The molecule has 0 unspecified atom stereocenters. The van der Waals surface area contributed by atoms with Crippen molar-refractivity contribution in [2.45, 2.75) is 24.4 Å². The number of nitrogens with zero attached hydrogens (tertiary/aromatic N) is 2. The molecule has 2 nitrogen and oxygen atoms in total. The third-order valence-electron chi connectivity index (χ3n) is 3.94. The largest absolute Gasteiger partial charge is 0.398 e. The molecule has 1 heterocycles. The predicted molar refractivity (Wildman–Crippen MR) is 71.4 cm³/mol. The first-order valence-corrected chi connectivity index (χ1v) is 6.50. The summed E-state index contributed by atoms with van der Waals surface area (Å²) in [6.45, 7) is 0. The van der Waals surface area contributed by atoms with Crippen LogP contribution in [0.25, 0.3) is 11.1 Å². The van der Waals surface area contributed by atoms with Gasteiger partial charge in [0.25, 0.3) is 0 Å². The molecule has 0 aliphatic heterocycles. The first-order chi connectivity index (χ1) is 9.96.